The first kappa shape index (κ1) is 20.5. The topological polar surface area (TPSA) is 75.1 Å². The van der Waals surface area contributed by atoms with Crippen molar-refractivity contribution < 1.29 is 14.3 Å². The molecule has 3 rings (SSSR count). The molecule has 0 aliphatic rings. The van der Waals surface area contributed by atoms with E-state index in [0.717, 1.165) is 22.0 Å². The molecular formula is C24H26N2O3. The number of hydrogen-bond acceptors (Lipinski definition) is 4. The molecule has 2 aromatic carbocycles. The van der Waals surface area contributed by atoms with Crippen LogP contribution < -0.4 is 4.74 Å². The second-order valence-electron chi connectivity index (χ2n) is 8.05. The highest BCUT2D eigenvalue weighted by molar-refractivity contribution is 5.83. The number of aromatic amines is 1. The minimum Gasteiger partial charge on any atom is -0.496 e. The zero-order chi connectivity index (χ0) is 21.0. The molecule has 0 bridgehead atoms. The first-order valence-electron chi connectivity index (χ1n) is 9.64. The molecule has 3 aromatic rings. The van der Waals surface area contributed by atoms with Crippen LogP contribution in [0.3, 0.4) is 0 Å². The number of carbonyl (C=O) groups excluding carboxylic acids is 1. The lowest BCUT2D eigenvalue weighted by molar-refractivity contribution is -0.158. The maximum absolute atomic E-state index is 12.9. The number of fused-ring (bicyclic) bond motifs is 1. The highest BCUT2D eigenvalue weighted by Crippen LogP contribution is 2.37. The van der Waals surface area contributed by atoms with Gasteiger partial charge in [-0.1, -0.05) is 36.4 Å². The van der Waals surface area contributed by atoms with E-state index in [4.69, 9.17) is 9.47 Å². The number of hydrogen-bond donors (Lipinski definition) is 1. The average Bonchev–Trinajstić information content (AvgIpc) is 3.09. The smallest absolute Gasteiger partial charge is 0.324 e. The second kappa shape index (κ2) is 8.40. The standard InChI is InChI=1S/C24H26N2O3/c1-24(2,3)29-23(27)20(14-25)19(18-10-6-8-12-22(18)28-4)13-16-15-26-21-11-7-5-9-17(16)21/h5-12,15,19-20,26H,13H2,1-4H3. The Kier molecular flexibility index (Phi) is 5.93. The molecule has 1 aromatic heterocycles. The third-order valence-electron chi connectivity index (χ3n) is 4.86. The lowest BCUT2D eigenvalue weighted by atomic mass is 9.81. The third-order valence-corrected chi connectivity index (χ3v) is 4.86. The van der Waals surface area contributed by atoms with Crippen LogP contribution in [0, 0.1) is 17.2 Å². The minimum atomic E-state index is -0.959. The fourth-order valence-electron chi connectivity index (χ4n) is 3.59. The van der Waals surface area contributed by atoms with Crippen molar-refractivity contribution in [2.45, 2.75) is 38.7 Å². The molecule has 0 radical (unpaired) electrons. The van der Waals surface area contributed by atoms with Crippen LogP contribution in [0.2, 0.25) is 0 Å². The minimum absolute atomic E-state index is 0.412. The number of benzene rings is 2. The van der Waals surface area contributed by atoms with Crippen molar-refractivity contribution in [3.05, 3.63) is 65.9 Å². The molecule has 0 aliphatic carbocycles. The number of rotatable bonds is 6. The van der Waals surface area contributed by atoms with Gasteiger partial charge in [-0.05, 0) is 50.5 Å². The van der Waals surface area contributed by atoms with E-state index in [-0.39, 0.29) is 0 Å². The number of methoxy groups -OCH3 is 1. The Morgan fingerprint density at radius 2 is 1.83 bits per heavy atom. The summed E-state index contributed by atoms with van der Waals surface area (Å²) in [6.07, 6.45) is 2.44. The molecular weight excluding hydrogens is 364 g/mol. The highest BCUT2D eigenvalue weighted by atomic mass is 16.6. The van der Waals surface area contributed by atoms with Gasteiger partial charge in [-0.2, -0.15) is 5.26 Å². The summed E-state index contributed by atoms with van der Waals surface area (Å²) in [6.45, 7) is 5.41. The Bertz CT molecular complexity index is 1040. The van der Waals surface area contributed by atoms with E-state index in [2.05, 4.69) is 11.1 Å². The molecule has 1 N–H and O–H groups in total. The van der Waals surface area contributed by atoms with Crippen LogP contribution in [0.15, 0.2) is 54.7 Å². The van der Waals surface area contributed by atoms with Crippen molar-refractivity contribution in [1.82, 2.24) is 4.98 Å². The molecule has 0 spiro atoms. The second-order valence-corrected chi connectivity index (χ2v) is 8.05. The van der Waals surface area contributed by atoms with E-state index in [1.165, 1.54) is 0 Å². The van der Waals surface area contributed by atoms with Gasteiger partial charge < -0.3 is 14.5 Å². The average molecular weight is 390 g/mol. The van der Waals surface area contributed by atoms with Gasteiger partial charge in [0.1, 0.15) is 11.4 Å². The highest BCUT2D eigenvalue weighted by Gasteiger charge is 2.35. The number of para-hydroxylation sites is 2. The van der Waals surface area contributed by atoms with Crippen molar-refractivity contribution in [3.8, 4) is 11.8 Å². The number of H-pyrrole nitrogens is 1. The fourth-order valence-corrected chi connectivity index (χ4v) is 3.59. The quantitative estimate of drug-likeness (QED) is 0.602. The van der Waals surface area contributed by atoms with Crippen LogP contribution >= 0.6 is 0 Å². The van der Waals surface area contributed by atoms with Crippen LogP contribution in [-0.2, 0) is 16.0 Å². The van der Waals surface area contributed by atoms with Crippen LogP contribution in [-0.4, -0.2) is 23.7 Å². The summed E-state index contributed by atoms with van der Waals surface area (Å²) in [6, 6.07) is 17.7. The molecule has 0 saturated carbocycles. The predicted molar refractivity (Wildman–Crippen MR) is 113 cm³/mol. The lowest BCUT2D eigenvalue weighted by Crippen LogP contribution is -2.32. The molecule has 0 amide bonds. The van der Waals surface area contributed by atoms with Gasteiger partial charge in [0.25, 0.3) is 0 Å². The van der Waals surface area contributed by atoms with Crippen LogP contribution in [0.1, 0.15) is 37.8 Å². The Morgan fingerprint density at radius 1 is 1.14 bits per heavy atom. The summed E-state index contributed by atoms with van der Waals surface area (Å²) in [4.78, 5) is 16.2. The molecule has 0 fully saturated rings. The SMILES string of the molecule is COc1ccccc1C(Cc1c[nH]c2ccccc12)C(C#N)C(=O)OC(C)(C)C. The van der Waals surface area contributed by atoms with Gasteiger partial charge in [0, 0.05) is 23.0 Å². The van der Waals surface area contributed by atoms with E-state index in [0.29, 0.717) is 12.2 Å². The molecule has 0 saturated heterocycles. The summed E-state index contributed by atoms with van der Waals surface area (Å²) >= 11 is 0. The summed E-state index contributed by atoms with van der Waals surface area (Å²) in [5.74, 6) is -1.23. The summed E-state index contributed by atoms with van der Waals surface area (Å²) in [5, 5.41) is 11.0. The fraction of sp³-hybridized carbons (Fsp3) is 0.333. The van der Waals surface area contributed by atoms with Gasteiger partial charge in [-0.15, -0.1) is 0 Å². The molecule has 2 unspecified atom stereocenters. The Morgan fingerprint density at radius 3 is 2.52 bits per heavy atom. The van der Waals surface area contributed by atoms with Crippen molar-refractivity contribution >= 4 is 16.9 Å². The predicted octanol–water partition coefficient (Wildman–Crippen LogP) is 4.98. The number of nitrogens with zero attached hydrogens (tertiary/aromatic N) is 1. The number of nitriles is 1. The van der Waals surface area contributed by atoms with E-state index >= 15 is 0 Å². The van der Waals surface area contributed by atoms with E-state index < -0.39 is 23.4 Å². The van der Waals surface area contributed by atoms with Crippen LogP contribution in [0.5, 0.6) is 5.75 Å². The van der Waals surface area contributed by atoms with Crippen molar-refractivity contribution in [2.75, 3.05) is 7.11 Å². The number of ether oxygens (including phenoxy) is 2. The Balaban J connectivity index is 2.06. The number of carbonyl (C=O) groups is 1. The van der Waals surface area contributed by atoms with Gasteiger partial charge in [0.2, 0.25) is 0 Å². The molecule has 0 aliphatic heterocycles. The van der Waals surface area contributed by atoms with Gasteiger partial charge in [0.05, 0.1) is 13.2 Å². The largest absolute Gasteiger partial charge is 0.496 e. The van der Waals surface area contributed by atoms with E-state index in [1.54, 1.807) is 27.9 Å². The lowest BCUT2D eigenvalue weighted by Gasteiger charge is -2.26. The Hall–Kier alpha value is -3.26. The Labute approximate surface area is 171 Å². The summed E-state index contributed by atoms with van der Waals surface area (Å²) < 4.78 is 11.1. The maximum Gasteiger partial charge on any atom is 0.324 e. The van der Waals surface area contributed by atoms with Gasteiger partial charge in [-0.25, -0.2) is 0 Å². The normalized spacial score (nSPS) is 13.5. The molecule has 29 heavy (non-hydrogen) atoms. The molecule has 150 valence electrons. The van der Waals surface area contributed by atoms with E-state index in [1.807, 2.05) is 54.7 Å². The molecule has 2 atom stereocenters. The monoisotopic (exact) mass is 390 g/mol. The number of nitrogens with one attached hydrogen (secondary N) is 1. The zero-order valence-corrected chi connectivity index (χ0v) is 17.2. The van der Waals surface area contributed by atoms with Crippen LogP contribution in [0.25, 0.3) is 10.9 Å². The molecule has 1 heterocycles. The number of aromatic nitrogens is 1. The molecule has 5 nitrogen and oxygen atoms in total. The van der Waals surface area contributed by atoms with Gasteiger partial charge in [-0.3, -0.25) is 4.79 Å². The first-order valence-corrected chi connectivity index (χ1v) is 9.64. The number of esters is 1. The van der Waals surface area contributed by atoms with Gasteiger partial charge in [0.15, 0.2) is 5.92 Å². The van der Waals surface area contributed by atoms with E-state index in [9.17, 15) is 10.1 Å². The zero-order valence-electron chi connectivity index (χ0n) is 17.2. The van der Waals surface area contributed by atoms with Crippen molar-refractivity contribution in [2.24, 2.45) is 5.92 Å². The summed E-state index contributed by atoms with van der Waals surface area (Å²) in [7, 11) is 1.59. The van der Waals surface area contributed by atoms with Crippen molar-refractivity contribution in [1.29, 1.82) is 5.26 Å². The third kappa shape index (κ3) is 4.60. The van der Waals surface area contributed by atoms with Gasteiger partial charge >= 0.3 is 5.97 Å². The summed E-state index contributed by atoms with van der Waals surface area (Å²) in [5.41, 5.74) is 2.21. The van der Waals surface area contributed by atoms with Crippen molar-refractivity contribution in [3.63, 3.8) is 0 Å². The van der Waals surface area contributed by atoms with Crippen LogP contribution in [0.4, 0.5) is 0 Å². The molecule has 5 heteroatoms. The maximum atomic E-state index is 12.9. The first-order chi connectivity index (χ1) is 13.8.